The van der Waals surface area contributed by atoms with Gasteiger partial charge in [-0.05, 0) is 25.0 Å². The molecule has 0 atom stereocenters. The number of nitrogen functional groups attached to an aromatic ring is 1. The largest absolute Gasteiger partial charge is 0.481 e. The number of amides is 1. The lowest BCUT2D eigenvalue weighted by Gasteiger charge is -2.28. The third-order valence-corrected chi connectivity index (χ3v) is 5.82. The Morgan fingerprint density at radius 3 is 2.19 bits per heavy atom. The van der Waals surface area contributed by atoms with Gasteiger partial charge in [-0.3, -0.25) is 14.4 Å². The van der Waals surface area contributed by atoms with Crippen LogP contribution >= 0.6 is 0 Å². The van der Waals surface area contributed by atoms with Crippen LogP contribution in [0.25, 0.3) is 5.69 Å². The Bertz CT molecular complexity index is 1150. The number of rotatable bonds is 7. The number of carbonyl (C=O) groups is 3. The first-order chi connectivity index (χ1) is 15.4. The highest BCUT2D eigenvalue weighted by Crippen LogP contribution is 2.33. The number of nitrogens with two attached hydrogens (primary N) is 1. The molecule has 1 aliphatic carbocycles. The third-order valence-electron chi connectivity index (χ3n) is 5.82. The minimum atomic E-state index is -0.977. The Balaban J connectivity index is 1.76. The quantitative estimate of drug-likeness (QED) is 0.492. The van der Waals surface area contributed by atoms with Gasteiger partial charge in [0.05, 0.1) is 23.3 Å². The molecule has 0 saturated heterocycles. The maximum absolute atomic E-state index is 13.3. The van der Waals surface area contributed by atoms with E-state index >= 15 is 0 Å². The maximum atomic E-state index is 13.3. The van der Waals surface area contributed by atoms with Gasteiger partial charge in [0.1, 0.15) is 5.69 Å². The molecule has 3 aromatic rings. The zero-order valence-electron chi connectivity index (χ0n) is 17.5. The van der Waals surface area contributed by atoms with Gasteiger partial charge < -0.3 is 16.2 Å². The monoisotopic (exact) mass is 432 g/mol. The van der Waals surface area contributed by atoms with Gasteiger partial charge in [0, 0.05) is 5.56 Å². The molecule has 8 nitrogen and oxygen atoms in total. The van der Waals surface area contributed by atoms with E-state index in [4.69, 9.17) is 5.73 Å². The minimum Gasteiger partial charge on any atom is -0.481 e. The van der Waals surface area contributed by atoms with Crippen LogP contribution in [0.3, 0.4) is 0 Å². The molecule has 1 saturated carbocycles. The normalized spacial score (nSPS) is 14.8. The molecule has 4 rings (SSSR count). The number of nitrogens with one attached hydrogen (secondary N) is 1. The van der Waals surface area contributed by atoms with Crippen molar-refractivity contribution in [3.05, 3.63) is 77.6 Å². The highest BCUT2D eigenvalue weighted by molar-refractivity contribution is 6.14. The Morgan fingerprint density at radius 2 is 1.59 bits per heavy atom. The van der Waals surface area contributed by atoms with E-state index in [0.717, 1.165) is 12.8 Å². The Kier molecular flexibility index (Phi) is 5.77. The maximum Gasteiger partial charge on any atom is 0.305 e. The number of carbonyl (C=O) groups excluding carboxylic acids is 2. The van der Waals surface area contributed by atoms with Gasteiger partial charge in [-0.15, -0.1) is 0 Å². The van der Waals surface area contributed by atoms with Gasteiger partial charge in [0.2, 0.25) is 5.78 Å². The summed E-state index contributed by atoms with van der Waals surface area (Å²) in [6.07, 6.45) is 2.63. The number of hydrogen-bond acceptors (Lipinski definition) is 5. The van der Waals surface area contributed by atoms with E-state index in [1.165, 1.54) is 4.68 Å². The second-order valence-electron chi connectivity index (χ2n) is 8.07. The number of aliphatic carboxylic acids is 1. The molecular weight excluding hydrogens is 408 g/mol. The van der Waals surface area contributed by atoms with Crippen molar-refractivity contribution >= 4 is 23.3 Å². The van der Waals surface area contributed by atoms with Gasteiger partial charge >= 0.3 is 5.97 Å². The summed E-state index contributed by atoms with van der Waals surface area (Å²) in [5, 5.41) is 16.6. The van der Waals surface area contributed by atoms with E-state index < -0.39 is 17.4 Å². The van der Waals surface area contributed by atoms with Crippen molar-refractivity contribution in [2.45, 2.75) is 37.6 Å². The van der Waals surface area contributed by atoms with Crippen molar-refractivity contribution in [3.63, 3.8) is 0 Å². The van der Waals surface area contributed by atoms with Crippen molar-refractivity contribution < 1.29 is 19.5 Å². The van der Waals surface area contributed by atoms with Crippen LogP contribution in [0.4, 0.5) is 5.69 Å². The van der Waals surface area contributed by atoms with Crippen molar-refractivity contribution in [1.82, 2.24) is 15.1 Å². The number of anilines is 1. The predicted octanol–water partition coefficient (Wildman–Crippen LogP) is 3.20. The van der Waals surface area contributed by atoms with Crippen LogP contribution in [-0.4, -0.2) is 38.1 Å². The van der Waals surface area contributed by atoms with Crippen LogP contribution in [0.1, 0.15) is 58.6 Å². The number of ketones is 1. The van der Waals surface area contributed by atoms with Crippen LogP contribution in [0, 0.1) is 0 Å². The molecule has 4 N–H and O–H groups in total. The Hall–Kier alpha value is -3.94. The van der Waals surface area contributed by atoms with Crippen molar-refractivity contribution in [2.75, 3.05) is 5.73 Å². The van der Waals surface area contributed by atoms with Crippen molar-refractivity contribution in [2.24, 2.45) is 0 Å². The van der Waals surface area contributed by atoms with Crippen LogP contribution in [-0.2, 0) is 4.79 Å². The molecule has 0 aliphatic heterocycles. The molecule has 0 unspecified atom stereocenters. The predicted molar refractivity (Wildman–Crippen MR) is 119 cm³/mol. The highest BCUT2D eigenvalue weighted by atomic mass is 16.4. The van der Waals surface area contributed by atoms with E-state index in [-0.39, 0.29) is 29.3 Å². The minimum absolute atomic E-state index is 0.0383. The Labute approximate surface area is 185 Å². The molecule has 1 amide bonds. The molecule has 1 fully saturated rings. The van der Waals surface area contributed by atoms with Crippen LogP contribution < -0.4 is 11.1 Å². The number of nitrogens with zero attached hydrogens (tertiary/aromatic N) is 2. The lowest BCUT2D eigenvalue weighted by molar-refractivity contribution is -0.138. The van der Waals surface area contributed by atoms with Gasteiger partial charge in [-0.25, -0.2) is 4.68 Å². The summed E-state index contributed by atoms with van der Waals surface area (Å²) in [5.41, 5.74) is 6.44. The molecule has 2 aromatic carbocycles. The molecule has 1 heterocycles. The van der Waals surface area contributed by atoms with E-state index in [1.807, 2.05) is 6.07 Å². The molecule has 0 radical (unpaired) electrons. The molecule has 8 heteroatoms. The second-order valence-corrected chi connectivity index (χ2v) is 8.07. The molecule has 0 spiro atoms. The molecule has 0 bridgehead atoms. The first kappa shape index (κ1) is 21.3. The van der Waals surface area contributed by atoms with E-state index in [0.29, 0.717) is 24.1 Å². The van der Waals surface area contributed by atoms with Crippen molar-refractivity contribution in [3.8, 4) is 5.69 Å². The summed E-state index contributed by atoms with van der Waals surface area (Å²) in [6, 6.07) is 17.6. The van der Waals surface area contributed by atoms with Gasteiger partial charge in [-0.2, -0.15) is 5.10 Å². The number of hydrogen-bond donors (Lipinski definition) is 3. The third kappa shape index (κ3) is 4.12. The van der Waals surface area contributed by atoms with Gasteiger partial charge in [0.25, 0.3) is 5.91 Å². The SMILES string of the molecule is Nc1c(C(=O)NC2(CC(=O)O)CCCC2)nn(-c2ccccc2)c1C(=O)c1ccccc1. The van der Waals surface area contributed by atoms with Crippen LogP contribution in [0.2, 0.25) is 0 Å². The smallest absolute Gasteiger partial charge is 0.305 e. The van der Waals surface area contributed by atoms with Gasteiger partial charge in [-0.1, -0.05) is 61.4 Å². The average Bonchev–Trinajstić information content (AvgIpc) is 3.38. The summed E-state index contributed by atoms with van der Waals surface area (Å²) < 4.78 is 1.37. The summed E-state index contributed by atoms with van der Waals surface area (Å²) >= 11 is 0. The number of para-hydroxylation sites is 1. The van der Waals surface area contributed by atoms with Gasteiger partial charge in [0.15, 0.2) is 5.69 Å². The number of benzene rings is 2. The molecule has 1 aliphatic rings. The highest BCUT2D eigenvalue weighted by Gasteiger charge is 2.39. The first-order valence-corrected chi connectivity index (χ1v) is 10.5. The second kappa shape index (κ2) is 8.66. The summed E-state index contributed by atoms with van der Waals surface area (Å²) in [4.78, 5) is 37.9. The lowest BCUT2D eigenvalue weighted by atomic mass is 9.93. The summed E-state index contributed by atoms with van der Waals surface area (Å²) in [6.45, 7) is 0. The van der Waals surface area contributed by atoms with E-state index in [1.54, 1.807) is 54.6 Å². The fraction of sp³-hybridized carbons (Fsp3) is 0.250. The van der Waals surface area contributed by atoms with E-state index in [2.05, 4.69) is 10.4 Å². The first-order valence-electron chi connectivity index (χ1n) is 10.5. The van der Waals surface area contributed by atoms with Crippen LogP contribution in [0.15, 0.2) is 60.7 Å². The van der Waals surface area contributed by atoms with Crippen LogP contribution in [0.5, 0.6) is 0 Å². The molecular formula is C24H24N4O4. The fourth-order valence-electron chi connectivity index (χ4n) is 4.29. The topological polar surface area (TPSA) is 127 Å². The zero-order chi connectivity index (χ0) is 22.7. The number of carboxylic acid groups (broad SMARTS) is 1. The number of carboxylic acids is 1. The Morgan fingerprint density at radius 1 is 1.00 bits per heavy atom. The standard InChI is InChI=1S/C24H24N4O4/c25-19-20(23(32)26-24(15-18(29)30)13-7-8-14-24)27-28(17-11-5-2-6-12-17)21(19)22(31)16-9-3-1-4-10-16/h1-6,9-12H,7-8,13-15,25H2,(H,26,32)(H,29,30). The molecule has 164 valence electrons. The molecule has 1 aromatic heterocycles. The average molecular weight is 432 g/mol. The van der Waals surface area contributed by atoms with E-state index in [9.17, 15) is 19.5 Å². The molecule has 32 heavy (non-hydrogen) atoms. The number of aromatic nitrogens is 2. The summed E-state index contributed by atoms with van der Waals surface area (Å²) in [5.74, 6) is -1.92. The van der Waals surface area contributed by atoms with Crippen molar-refractivity contribution in [1.29, 1.82) is 0 Å². The zero-order valence-corrected chi connectivity index (χ0v) is 17.5. The lowest BCUT2D eigenvalue weighted by Crippen LogP contribution is -2.48. The summed E-state index contributed by atoms with van der Waals surface area (Å²) in [7, 11) is 0. The fourth-order valence-corrected chi connectivity index (χ4v) is 4.29.